The highest BCUT2D eigenvalue weighted by Gasteiger charge is 2.68. The average molecular weight is 900 g/mol. The predicted molar refractivity (Wildman–Crippen MR) is 231 cm³/mol. The highest BCUT2D eigenvalue weighted by molar-refractivity contribution is 6.48. The lowest BCUT2D eigenvalue weighted by Gasteiger charge is -2.64. The van der Waals surface area contributed by atoms with Gasteiger partial charge in [-0.05, 0) is 110 Å². The van der Waals surface area contributed by atoms with Crippen LogP contribution >= 0.6 is 23.2 Å². The molecule has 2 bridgehead atoms. The maximum Gasteiger partial charge on any atom is 0.482 e. The molecule has 5 fully saturated rings. The fourth-order valence-corrected chi connectivity index (χ4v) is 9.73. The summed E-state index contributed by atoms with van der Waals surface area (Å²) < 4.78 is 30.6. The molecule has 15 nitrogen and oxygen atoms in total. The molecule has 0 spiro atoms. The number of imide groups is 1. The van der Waals surface area contributed by atoms with Gasteiger partial charge in [-0.3, -0.25) is 19.3 Å². The van der Waals surface area contributed by atoms with Crippen LogP contribution in [0.15, 0.2) is 30.3 Å². The van der Waals surface area contributed by atoms with E-state index in [0.717, 1.165) is 17.7 Å². The topological polar surface area (TPSA) is 179 Å². The van der Waals surface area contributed by atoms with Gasteiger partial charge in [-0.25, -0.2) is 14.4 Å². The van der Waals surface area contributed by atoms with Crippen LogP contribution in [0, 0.1) is 17.3 Å². The standard InChI is InChI=1S/C44H57BCl2N4O11/c1-12-50-18-19-51(37(54)36(50)53)40(57)49-33(25-16-17-26(32(47)31(25)46)38(55)59-41(2,3)4)35(52)48-30(45-61-29-22-24-21-28(43(24,8)9)44(29,10)62-45)20-23-14-13-15-27(34(23)58-11)39(56)60-42(5,6)7/h13-17,24,28-30,33H,12,18-22H2,1-11H3,(H,48,52)(H,49,57)/t24-,28-,29+,30?,33?,44-/m0/s1. The Morgan fingerprint density at radius 1 is 0.887 bits per heavy atom. The molecule has 6 atom stereocenters. The second-order valence-corrected chi connectivity index (χ2v) is 20.0. The van der Waals surface area contributed by atoms with Crippen molar-refractivity contribution in [3.8, 4) is 5.75 Å². The van der Waals surface area contributed by atoms with Gasteiger partial charge in [-0.2, -0.15) is 0 Å². The Morgan fingerprint density at radius 3 is 2.13 bits per heavy atom. The Kier molecular flexibility index (Phi) is 13.1. The molecule has 5 amide bonds. The minimum absolute atomic E-state index is 0.00546. The molecule has 3 aliphatic carbocycles. The Hall–Kier alpha value is -4.38. The third-order valence-corrected chi connectivity index (χ3v) is 13.4. The second-order valence-electron chi connectivity index (χ2n) is 19.2. The number of methoxy groups -OCH3 is 1. The molecule has 18 heteroatoms. The number of carbonyl (C=O) groups excluding carboxylic acids is 6. The molecule has 62 heavy (non-hydrogen) atoms. The van der Waals surface area contributed by atoms with Crippen molar-refractivity contribution in [3.63, 3.8) is 0 Å². The minimum Gasteiger partial charge on any atom is -0.496 e. The SMILES string of the molecule is CCN1CCN(C(=O)NC(C(=O)NC(Cc2cccc(C(=O)OC(C)(C)C)c2OC)B2O[C@@H]3C[C@@H]4C[C@@H](C4(C)C)[C@]3(C)O2)c2ccc(C(=O)OC(C)(C)C)c(Cl)c2Cl)C(=O)C1=O. The summed E-state index contributed by atoms with van der Waals surface area (Å²) in [7, 11) is 0.406. The number of piperazine rings is 1. The molecule has 3 saturated carbocycles. The number of rotatable bonds is 11. The maximum atomic E-state index is 15.0. The van der Waals surface area contributed by atoms with Gasteiger partial charge in [0.25, 0.3) is 0 Å². The Labute approximate surface area is 373 Å². The van der Waals surface area contributed by atoms with E-state index in [-0.39, 0.29) is 76.0 Å². The summed E-state index contributed by atoms with van der Waals surface area (Å²) in [5.74, 6) is -4.31. The molecule has 2 unspecified atom stereocenters. The van der Waals surface area contributed by atoms with E-state index in [2.05, 4.69) is 24.5 Å². The van der Waals surface area contributed by atoms with Crippen LogP contribution in [0.25, 0.3) is 0 Å². The lowest BCUT2D eigenvalue weighted by atomic mass is 9.43. The van der Waals surface area contributed by atoms with Crippen LogP contribution < -0.4 is 15.4 Å². The third kappa shape index (κ3) is 9.16. The summed E-state index contributed by atoms with van der Waals surface area (Å²) in [6.07, 6.45) is 1.45. The quantitative estimate of drug-likeness (QED) is 0.146. The number of nitrogens with one attached hydrogen (secondary N) is 2. The first-order valence-corrected chi connectivity index (χ1v) is 21.7. The zero-order valence-corrected chi connectivity index (χ0v) is 38.7. The molecular formula is C44H57BCl2N4O11. The van der Waals surface area contributed by atoms with Gasteiger partial charge in [-0.15, -0.1) is 0 Å². The van der Waals surface area contributed by atoms with E-state index < -0.39 is 71.6 Å². The van der Waals surface area contributed by atoms with E-state index in [9.17, 15) is 28.8 Å². The van der Waals surface area contributed by atoms with Gasteiger partial charge in [-0.1, -0.05) is 55.2 Å². The van der Waals surface area contributed by atoms with Gasteiger partial charge >= 0.3 is 36.9 Å². The molecule has 2 N–H and O–H groups in total. The highest BCUT2D eigenvalue weighted by Crippen LogP contribution is 2.65. The first-order chi connectivity index (χ1) is 28.8. The van der Waals surface area contributed by atoms with Gasteiger partial charge in [0.05, 0.1) is 40.4 Å². The summed E-state index contributed by atoms with van der Waals surface area (Å²) >= 11 is 13.6. The summed E-state index contributed by atoms with van der Waals surface area (Å²) in [6, 6.07) is 5.00. The summed E-state index contributed by atoms with van der Waals surface area (Å²) in [6.45, 7) is 18.8. The first-order valence-electron chi connectivity index (χ1n) is 21.0. The molecule has 0 radical (unpaired) electrons. The van der Waals surface area contributed by atoms with Crippen LogP contribution in [0.1, 0.15) is 120 Å². The number of halogens is 2. The van der Waals surface area contributed by atoms with Gasteiger partial charge in [0.1, 0.15) is 28.6 Å². The average Bonchev–Trinajstić information content (AvgIpc) is 3.54. The fraction of sp³-hybridized carbons (Fsp3) is 0.591. The Balaban J connectivity index is 1.40. The van der Waals surface area contributed by atoms with E-state index >= 15 is 0 Å². The van der Waals surface area contributed by atoms with Gasteiger partial charge in [0.2, 0.25) is 5.91 Å². The van der Waals surface area contributed by atoms with Gasteiger partial charge in [0.15, 0.2) is 0 Å². The van der Waals surface area contributed by atoms with E-state index in [1.54, 1.807) is 66.7 Å². The van der Waals surface area contributed by atoms with Crippen LogP contribution in [-0.4, -0.2) is 108 Å². The fourth-order valence-electron chi connectivity index (χ4n) is 9.20. The number of urea groups is 1. The Morgan fingerprint density at radius 2 is 1.53 bits per heavy atom. The van der Waals surface area contributed by atoms with Crippen molar-refractivity contribution in [3.05, 3.63) is 62.6 Å². The molecular weight excluding hydrogens is 842 g/mol. The third-order valence-electron chi connectivity index (χ3n) is 12.5. The number of nitrogens with zero attached hydrogens (tertiary/aromatic N) is 2. The van der Waals surface area contributed by atoms with Crippen LogP contribution in [0.4, 0.5) is 4.79 Å². The summed E-state index contributed by atoms with van der Waals surface area (Å²) in [4.78, 5) is 83.6. The molecule has 5 aliphatic rings. The van der Waals surface area contributed by atoms with Crippen molar-refractivity contribution in [2.24, 2.45) is 17.3 Å². The highest BCUT2D eigenvalue weighted by atomic mass is 35.5. The molecule has 336 valence electrons. The number of benzene rings is 2. The van der Waals surface area contributed by atoms with Crippen molar-refractivity contribution in [1.29, 1.82) is 0 Å². The summed E-state index contributed by atoms with van der Waals surface area (Å²) in [5, 5.41) is 5.16. The van der Waals surface area contributed by atoms with Gasteiger partial charge < -0.3 is 39.1 Å². The summed E-state index contributed by atoms with van der Waals surface area (Å²) in [5.41, 5.74) is -1.78. The Bertz CT molecular complexity index is 2160. The van der Waals surface area contributed by atoms with E-state index in [0.29, 0.717) is 11.5 Å². The normalized spacial score (nSPS) is 24.1. The molecule has 2 heterocycles. The number of hydrogen-bond donors (Lipinski definition) is 2. The van der Waals surface area contributed by atoms with Crippen molar-refractivity contribution in [2.45, 2.75) is 123 Å². The number of amides is 5. The zero-order valence-electron chi connectivity index (χ0n) is 37.2. The van der Waals surface area contributed by atoms with E-state index in [1.165, 1.54) is 24.1 Å². The van der Waals surface area contributed by atoms with Crippen molar-refractivity contribution < 1.29 is 52.3 Å². The smallest absolute Gasteiger partial charge is 0.482 e. The zero-order chi connectivity index (χ0) is 45.9. The van der Waals surface area contributed by atoms with Gasteiger partial charge in [0, 0.05) is 25.2 Å². The van der Waals surface area contributed by atoms with Crippen LogP contribution in [0.3, 0.4) is 0 Å². The molecule has 2 aromatic carbocycles. The number of ether oxygens (including phenoxy) is 3. The largest absolute Gasteiger partial charge is 0.496 e. The van der Waals surface area contributed by atoms with Crippen molar-refractivity contribution in [1.82, 2.24) is 20.4 Å². The predicted octanol–water partition coefficient (Wildman–Crippen LogP) is 6.35. The number of esters is 2. The molecule has 2 aromatic rings. The second kappa shape index (κ2) is 17.3. The van der Waals surface area contributed by atoms with E-state index in [4.69, 9.17) is 46.7 Å². The minimum atomic E-state index is -1.66. The molecule has 2 saturated heterocycles. The maximum absolute atomic E-state index is 15.0. The lowest BCUT2D eigenvalue weighted by Crippen LogP contribution is -2.65. The lowest BCUT2D eigenvalue weighted by molar-refractivity contribution is -0.199. The molecule has 7 rings (SSSR count). The number of hydrogen-bond acceptors (Lipinski definition) is 11. The number of likely N-dealkylation sites (N-methyl/N-ethyl adjacent to an activating group) is 1. The van der Waals surface area contributed by atoms with Crippen LogP contribution in [-0.2, 0) is 39.6 Å². The molecule has 2 aliphatic heterocycles. The van der Waals surface area contributed by atoms with Crippen LogP contribution in [0.5, 0.6) is 5.75 Å². The number of carbonyl (C=O) groups is 6. The van der Waals surface area contributed by atoms with Crippen LogP contribution in [0.2, 0.25) is 10.0 Å². The number of para-hydroxylation sites is 1. The molecule has 0 aromatic heterocycles. The first kappa shape index (κ1) is 47.1. The van der Waals surface area contributed by atoms with Crippen molar-refractivity contribution >= 4 is 66.0 Å². The monoisotopic (exact) mass is 898 g/mol. The van der Waals surface area contributed by atoms with E-state index in [1.807, 2.05) is 6.92 Å². The van der Waals surface area contributed by atoms with Crippen molar-refractivity contribution in [2.75, 3.05) is 26.7 Å².